The van der Waals surface area contributed by atoms with Gasteiger partial charge in [0.05, 0.1) is 29.0 Å². The number of hydrogen-bond acceptors (Lipinski definition) is 6. The highest BCUT2D eigenvalue weighted by Crippen LogP contribution is 2.45. The second kappa shape index (κ2) is 8.94. The third kappa shape index (κ3) is 3.96. The van der Waals surface area contributed by atoms with E-state index in [4.69, 9.17) is 22.1 Å². The molecule has 1 fully saturated rings. The van der Waals surface area contributed by atoms with E-state index in [1.807, 2.05) is 0 Å². The van der Waals surface area contributed by atoms with Gasteiger partial charge in [0.2, 0.25) is 0 Å². The summed E-state index contributed by atoms with van der Waals surface area (Å²) in [4.78, 5) is 27.1. The maximum Gasteiger partial charge on any atom is 0.412 e. The number of carbonyl (C=O) groups is 2. The fraction of sp³-hybridized carbons (Fsp3) is 0.261. The molecule has 36 heavy (non-hydrogen) atoms. The maximum atomic E-state index is 15.1. The normalized spacial score (nSPS) is 19.1. The predicted molar refractivity (Wildman–Crippen MR) is 123 cm³/mol. The van der Waals surface area contributed by atoms with E-state index >= 15 is 4.39 Å². The molecule has 13 heteroatoms. The number of aromatic nitrogens is 2. The minimum absolute atomic E-state index is 0.00838. The quantitative estimate of drug-likeness (QED) is 0.521. The second-order valence-corrected chi connectivity index (χ2v) is 8.73. The number of rotatable bonds is 4. The van der Waals surface area contributed by atoms with Gasteiger partial charge in [-0.3, -0.25) is 10.1 Å². The van der Waals surface area contributed by atoms with Crippen molar-refractivity contribution in [3.63, 3.8) is 0 Å². The number of nitrogens with two attached hydrogens (primary N) is 1. The molecule has 0 unspecified atom stereocenters. The van der Waals surface area contributed by atoms with Gasteiger partial charge in [0.25, 0.3) is 5.91 Å². The molecule has 2 amide bonds. The van der Waals surface area contributed by atoms with Crippen LogP contribution in [0.15, 0.2) is 42.6 Å². The molecule has 3 aromatic rings. The van der Waals surface area contributed by atoms with Crippen LogP contribution in [-0.2, 0) is 10.3 Å². The summed E-state index contributed by atoms with van der Waals surface area (Å²) in [6.07, 6.45) is 1.09. The van der Waals surface area contributed by atoms with Crippen molar-refractivity contribution in [2.75, 3.05) is 24.1 Å². The Morgan fingerprint density at radius 3 is 2.83 bits per heavy atom. The highest BCUT2D eigenvalue weighted by molar-refractivity contribution is 6.31. The van der Waals surface area contributed by atoms with Crippen molar-refractivity contribution in [3.05, 3.63) is 64.6 Å². The zero-order valence-electron chi connectivity index (χ0n) is 18.5. The number of nitrogens with zero attached hydrogens (tertiary/aromatic N) is 3. The van der Waals surface area contributed by atoms with Crippen molar-refractivity contribution in [1.82, 2.24) is 14.7 Å². The minimum atomic E-state index is -3.07. The number of ether oxygens (including phenoxy) is 2. The molecule has 0 bridgehead atoms. The molecule has 2 aliphatic heterocycles. The molecule has 0 radical (unpaired) electrons. The Morgan fingerprint density at radius 2 is 2.06 bits per heavy atom. The molecule has 1 aromatic heterocycles. The number of benzene rings is 2. The molecule has 0 saturated carbocycles. The van der Waals surface area contributed by atoms with Crippen LogP contribution in [0.1, 0.15) is 28.8 Å². The van der Waals surface area contributed by atoms with E-state index in [9.17, 15) is 18.4 Å². The van der Waals surface area contributed by atoms with Crippen LogP contribution in [-0.4, -0.2) is 46.4 Å². The number of para-hydroxylation sites is 2. The summed E-state index contributed by atoms with van der Waals surface area (Å²) in [5.41, 5.74) is 5.12. The van der Waals surface area contributed by atoms with Crippen molar-refractivity contribution < 1.29 is 32.2 Å². The molecule has 9 nitrogen and oxygen atoms in total. The van der Waals surface area contributed by atoms with Crippen LogP contribution in [0.25, 0.3) is 5.69 Å². The van der Waals surface area contributed by atoms with Crippen LogP contribution in [0.3, 0.4) is 0 Å². The molecule has 3 N–H and O–H groups in total. The van der Waals surface area contributed by atoms with Crippen LogP contribution in [0, 0.1) is 5.82 Å². The summed E-state index contributed by atoms with van der Waals surface area (Å²) in [6.45, 7) is -2.95. The van der Waals surface area contributed by atoms with Gasteiger partial charge in [-0.15, -0.1) is 0 Å². The Balaban J connectivity index is 1.48. The van der Waals surface area contributed by atoms with Crippen molar-refractivity contribution in [2.45, 2.75) is 25.1 Å². The smallest absolute Gasteiger partial charge is 0.412 e. The standard InChI is InChI=1S/C23H19ClF3N5O4/c24-13-6-7-14-17(18(13)25)23(36-22(34)30-14)8-3-9-31(11-23)20(33)12-10-29-32(19(12)28)15-4-1-2-5-16(15)35-21(26)27/h1-2,4-7,10,21H,3,8-9,11,28H2,(H,30,34)/t23-/m0/s1. The first kappa shape index (κ1) is 23.8. The topological polar surface area (TPSA) is 112 Å². The lowest BCUT2D eigenvalue weighted by Crippen LogP contribution is -2.53. The average molecular weight is 522 g/mol. The molecule has 0 aliphatic carbocycles. The van der Waals surface area contributed by atoms with Gasteiger partial charge in [0.1, 0.15) is 17.1 Å². The van der Waals surface area contributed by atoms with Gasteiger partial charge in [-0.2, -0.15) is 13.9 Å². The number of hydrogen-bond donors (Lipinski definition) is 2. The van der Waals surface area contributed by atoms with E-state index in [-0.39, 0.29) is 58.6 Å². The average Bonchev–Trinajstić information content (AvgIpc) is 3.21. The molecular weight excluding hydrogens is 503 g/mol. The lowest BCUT2D eigenvalue weighted by atomic mass is 9.83. The SMILES string of the molecule is Nc1c(C(=O)N2CCC[C@@]3(C2)OC(=O)Nc2ccc(Cl)c(F)c23)cnn1-c1ccccc1OC(F)F. The molecule has 5 rings (SSSR count). The summed E-state index contributed by atoms with van der Waals surface area (Å²) in [5.74, 6) is -1.58. The number of alkyl halides is 2. The number of nitrogens with one attached hydrogen (secondary N) is 1. The lowest BCUT2D eigenvalue weighted by Gasteiger charge is -2.45. The van der Waals surface area contributed by atoms with E-state index in [1.165, 1.54) is 41.4 Å². The first-order valence-corrected chi connectivity index (χ1v) is 11.2. The number of nitrogen functional groups attached to an aromatic ring is 1. The van der Waals surface area contributed by atoms with Crippen LogP contribution in [0.4, 0.5) is 29.5 Å². The van der Waals surface area contributed by atoms with Gasteiger partial charge in [-0.05, 0) is 37.1 Å². The van der Waals surface area contributed by atoms with Gasteiger partial charge in [-0.1, -0.05) is 23.7 Å². The zero-order valence-corrected chi connectivity index (χ0v) is 19.3. The minimum Gasteiger partial charge on any atom is -0.436 e. The summed E-state index contributed by atoms with van der Waals surface area (Å²) >= 11 is 6.00. The Labute approximate surface area is 207 Å². The maximum absolute atomic E-state index is 15.1. The molecule has 2 aromatic carbocycles. The Hall–Kier alpha value is -3.93. The highest BCUT2D eigenvalue weighted by atomic mass is 35.5. The summed E-state index contributed by atoms with van der Waals surface area (Å²) < 4.78 is 52.0. The van der Waals surface area contributed by atoms with Crippen LogP contribution in [0.5, 0.6) is 5.75 Å². The van der Waals surface area contributed by atoms with Gasteiger partial charge < -0.3 is 20.1 Å². The van der Waals surface area contributed by atoms with E-state index in [1.54, 1.807) is 6.07 Å². The fourth-order valence-electron chi connectivity index (χ4n) is 4.66. The van der Waals surface area contributed by atoms with Crippen molar-refractivity contribution in [1.29, 1.82) is 0 Å². The summed E-state index contributed by atoms with van der Waals surface area (Å²) in [6, 6.07) is 8.66. The fourth-order valence-corrected chi connectivity index (χ4v) is 4.82. The van der Waals surface area contributed by atoms with E-state index in [2.05, 4.69) is 15.2 Å². The predicted octanol–water partition coefficient (Wildman–Crippen LogP) is 4.54. The van der Waals surface area contributed by atoms with Crippen molar-refractivity contribution in [3.8, 4) is 11.4 Å². The molecule has 188 valence electrons. The molecule has 3 heterocycles. The van der Waals surface area contributed by atoms with E-state index in [0.29, 0.717) is 6.42 Å². The van der Waals surface area contributed by atoms with Gasteiger partial charge in [0.15, 0.2) is 17.2 Å². The highest BCUT2D eigenvalue weighted by Gasteiger charge is 2.48. The first-order valence-electron chi connectivity index (χ1n) is 10.9. The van der Waals surface area contributed by atoms with E-state index in [0.717, 1.165) is 4.68 Å². The third-order valence-corrected chi connectivity index (χ3v) is 6.46. The molecule has 1 atom stereocenters. The molecule has 1 spiro atoms. The summed E-state index contributed by atoms with van der Waals surface area (Å²) in [5, 5.41) is 6.41. The molecule has 1 saturated heterocycles. The van der Waals surface area contributed by atoms with Gasteiger partial charge >= 0.3 is 12.7 Å². The number of anilines is 2. The second-order valence-electron chi connectivity index (χ2n) is 8.32. The number of piperidine rings is 1. The van der Waals surface area contributed by atoms with Crippen molar-refractivity contribution >= 4 is 35.1 Å². The number of fused-ring (bicyclic) bond motifs is 2. The van der Waals surface area contributed by atoms with E-state index < -0.39 is 30.0 Å². The summed E-state index contributed by atoms with van der Waals surface area (Å²) in [7, 11) is 0. The molecule has 2 aliphatic rings. The number of halogens is 4. The Morgan fingerprint density at radius 1 is 1.28 bits per heavy atom. The number of carbonyl (C=O) groups excluding carboxylic acids is 2. The van der Waals surface area contributed by atoms with Crippen LogP contribution >= 0.6 is 11.6 Å². The largest absolute Gasteiger partial charge is 0.436 e. The third-order valence-electron chi connectivity index (χ3n) is 6.16. The van der Waals surface area contributed by atoms with Gasteiger partial charge in [-0.25, -0.2) is 13.9 Å². The number of likely N-dealkylation sites (tertiary alicyclic amines) is 1. The lowest BCUT2D eigenvalue weighted by molar-refractivity contribution is -0.0499. The Kier molecular flexibility index (Phi) is 5.91. The first-order chi connectivity index (χ1) is 17.2. The van der Waals surface area contributed by atoms with Crippen LogP contribution < -0.4 is 15.8 Å². The monoisotopic (exact) mass is 521 g/mol. The van der Waals surface area contributed by atoms with Crippen LogP contribution in [0.2, 0.25) is 5.02 Å². The van der Waals surface area contributed by atoms with Crippen molar-refractivity contribution in [2.24, 2.45) is 0 Å². The molecular formula is C23H19ClF3N5O4. The number of amides is 2. The zero-order chi connectivity index (χ0) is 25.6. The Bertz CT molecular complexity index is 1370. The van der Waals surface area contributed by atoms with Gasteiger partial charge in [0, 0.05) is 6.54 Å².